The highest BCUT2D eigenvalue weighted by Crippen LogP contribution is 2.20. The minimum absolute atomic E-state index is 0.228. The van der Waals surface area contributed by atoms with Crippen LogP contribution in [0.5, 0.6) is 0 Å². The molecular weight excluding hydrogens is 317 g/mol. The normalized spacial score (nSPS) is 20.7. The average molecular weight is 333 g/mol. The van der Waals surface area contributed by atoms with E-state index in [0.717, 1.165) is 5.69 Å². The first kappa shape index (κ1) is 12.1. The first-order valence-electron chi connectivity index (χ1n) is 5.35. The predicted molar refractivity (Wildman–Crippen MR) is 72.6 cm³/mol. The van der Waals surface area contributed by atoms with Crippen LogP contribution in [0.3, 0.4) is 0 Å². The standard InChI is InChI=1S/C12H16INO2/c1-12(2)15-7-11(8-16-12)14-10-5-3-4-9(13)6-10/h3-6,11,14H,7-8H2,1-2H3. The van der Waals surface area contributed by atoms with Gasteiger partial charge >= 0.3 is 0 Å². The van der Waals surface area contributed by atoms with Gasteiger partial charge in [-0.3, -0.25) is 0 Å². The Balaban J connectivity index is 1.92. The third-order valence-electron chi connectivity index (χ3n) is 2.46. The number of nitrogens with one attached hydrogen (secondary N) is 1. The fourth-order valence-corrected chi connectivity index (χ4v) is 2.13. The van der Waals surface area contributed by atoms with Gasteiger partial charge in [-0.1, -0.05) is 6.07 Å². The lowest BCUT2D eigenvalue weighted by Gasteiger charge is -2.35. The van der Waals surface area contributed by atoms with Crippen molar-refractivity contribution in [2.45, 2.75) is 25.7 Å². The molecule has 0 saturated carbocycles. The Morgan fingerprint density at radius 2 is 2.00 bits per heavy atom. The van der Waals surface area contributed by atoms with Crippen LogP contribution in [0.2, 0.25) is 0 Å². The van der Waals surface area contributed by atoms with Gasteiger partial charge in [-0.15, -0.1) is 0 Å². The van der Waals surface area contributed by atoms with Gasteiger partial charge in [-0.25, -0.2) is 0 Å². The monoisotopic (exact) mass is 333 g/mol. The molecule has 0 atom stereocenters. The molecule has 1 aromatic carbocycles. The zero-order valence-electron chi connectivity index (χ0n) is 9.50. The van der Waals surface area contributed by atoms with Crippen molar-refractivity contribution in [3.05, 3.63) is 27.8 Å². The molecule has 0 spiro atoms. The molecule has 1 aliphatic rings. The SMILES string of the molecule is CC1(C)OCC(Nc2cccc(I)c2)CO1. The predicted octanol–water partition coefficient (Wildman–Crippen LogP) is 2.85. The molecule has 1 fully saturated rings. The first-order valence-corrected chi connectivity index (χ1v) is 6.43. The number of ether oxygens (including phenoxy) is 2. The van der Waals surface area contributed by atoms with Crippen LogP contribution in [0, 0.1) is 3.57 Å². The lowest BCUT2D eigenvalue weighted by Crippen LogP contribution is -2.45. The van der Waals surface area contributed by atoms with Crippen LogP contribution in [0.1, 0.15) is 13.8 Å². The second-order valence-corrected chi connectivity index (χ2v) is 5.62. The maximum absolute atomic E-state index is 5.59. The van der Waals surface area contributed by atoms with Gasteiger partial charge in [0.1, 0.15) is 0 Å². The van der Waals surface area contributed by atoms with Crippen molar-refractivity contribution >= 4 is 28.3 Å². The maximum Gasteiger partial charge on any atom is 0.162 e. The Bertz CT molecular complexity index is 358. The van der Waals surface area contributed by atoms with E-state index in [1.54, 1.807) is 0 Å². The van der Waals surface area contributed by atoms with Crippen LogP contribution < -0.4 is 5.32 Å². The zero-order chi connectivity index (χ0) is 11.6. The van der Waals surface area contributed by atoms with Gasteiger partial charge in [-0.05, 0) is 54.6 Å². The summed E-state index contributed by atoms with van der Waals surface area (Å²) in [5.41, 5.74) is 1.11. The van der Waals surface area contributed by atoms with Crippen molar-refractivity contribution in [1.82, 2.24) is 0 Å². The summed E-state index contributed by atoms with van der Waals surface area (Å²) < 4.78 is 12.4. The molecule has 0 bridgehead atoms. The topological polar surface area (TPSA) is 30.5 Å². The van der Waals surface area contributed by atoms with E-state index < -0.39 is 5.79 Å². The van der Waals surface area contributed by atoms with Crippen molar-refractivity contribution in [3.8, 4) is 0 Å². The van der Waals surface area contributed by atoms with Crippen molar-refractivity contribution in [2.24, 2.45) is 0 Å². The van der Waals surface area contributed by atoms with Gasteiger partial charge in [0, 0.05) is 9.26 Å². The van der Waals surface area contributed by atoms with Crippen molar-refractivity contribution < 1.29 is 9.47 Å². The third kappa shape index (κ3) is 3.33. The van der Waals surface area contributed by atoms with Gasteiger partial charge in [-0.2, -0.15) is 0 Å². The molecule has 1 aliphatic heterocycles. The lowest BCUT2D eigenvalue weighted by molar-refractivity contribution is -0.247. The Labute approximate surface area is 110 Å². The fraction of sp³-hybridized carbons (Fsp3) is 0.500. The molecule has 0 aliphatic carbocycles. The van der Waals surface area contributed by atoms with E-state index in [1.807, 2.05) is 19.9 Å². The second-order valence-electron chi connectivity index (χ2n) is 4.37. The molecule has 0 unspecified atom stereocenters. The number of anilines is 1. The molecular formula is C12H16INO2. The van der Waals surface area contributed by atoms with E-state index in [4.69, 9.17) is 9.47 Å². The van der Waals surface area contributed by atoms with Crippen LogP contribution in [-0.4, -0.2) is 25.0 Å². The Kier molecular flexibility index (Phi) is 3.71. The number of hydrogen-bond donors (Lipinski definition) is 1. The Morgan fingerprint density at radius 3 is 2.62 bits per heavy atom. The summed E-state index contributed by atoms with van der Waals surface area (Å²) in [6, 6.07) is 8.51. The quantitative estimate of drug-likeness (QED) is 0.845. The maximum atomic E-state index is 5.59. The molecule has 0 aromatic heterocycles. The van der Waals surface area contributed by atoms with Crippen molar-refractivity contribution in [3.63, 3.8) is 0 Å². The van der Waals surface area contributed by atoms with E-state index >= 15 is 0 Å². The van der Waals surface area contributed by atoms with Crippen LogP contribution in [0.4, 0.5) is 5.69 Å². The summed E-state index contributed by atoms with van der Waals surface area (Å²) in [7, 11) is 0. The summed E-state index contributed by atoms with van der Waals surface area (Å²) in [5, 5.41) is 3.40. The van der Waals surface area contributed by atoms with Crippen LogP contribution in [0.15, 0.2) is 24.3 Å². The number of benzene rings is 1. The van der Waals surface area contributed by atoms with Crippen LogP contribution >= 0.6 is 22.6 Å². The molecule has 3 nitrogen and oxygen atoms in total. The van der Waals surface area contributed by atoms with E-state index in [-0.39, 0.29) is 6.04 Å². The smallest absolute Gasteiger partial charge is 0.162 e. The van der Waals surface area contributed by atoms with Gasteiger partial charge in [0.05, 0.1) is 19.3 Å². The minimum atomic E-state index is -0.441. The number of hydrogen-bond acceptors (Lipinski definition) is 3. The van der Waals surface area contributed by atoms with Crippen molar-refractivity contribution in [1.29, 1.82) is 0 Å². The molecule has 2 rings (SSSR count). The Morgan fingerprint density at radius 1 is 1.31 bits per heavy atom. The Hall–Kier alpha value is -0.330. The zero-order valence-corrected chi connectivity index (χ0v) is 11.7. The molecule has 16 heavy (non-hydrogen) atoms. The highest BCUT2D eigenvalue weighted by Gasteiger charge is 2.27. The van der Waals surface area contributed by atoms with E-state index in [1.165, 1.54) is 3.57 Å². The molecule has 1 heterocycles. The summed E-state index contributed by atoms with van der Waals surface area (Å²) >= 11 is 2.30. The number of halogens is 1. The van der Waals surface area contributed by atoms with Crippen molar-refractivity contribution in [2.75, 3.05) is 18.5 Å². The van der Waals surface area contributed by atoms with Gasteiger partial charge < -0.3 is 14.8 Å². The van der Waals surface area contributed by atoms with E-state index in [2.05, 4.69) is 46.1 Å². The van der Waals surface area contributed by atoms with E-state index in [9.17, 15) is 0 Å². The average Bonchev–Trinajstić information content (AvgIpc) is 2.21. The van der Waals surface area contributed by atoms with E-state index in [0.29, 0.717) is 13.2 Å². The van der Waals surface area contributed by atoms with Crippen LogP contribution in [-0.2, 0) is 9.47 Å². The van der Waals surface area contributed by atoms with Gasteiger partial charge in [0.2, 0.25) is 0 Å². The van der Waals surface area contributed by atoms with Gasteiger partial charge in [0.15, 0.2) is 5.79 Å². The summed E-state index contributed by atoms with van der Waals surface area (Å²) in [4.78, 5) is 0. The third-order valence-corrected chi connectivity index (χ3v) is 3.13. The summed E-state index contributed by atoms with van der Waals surface area (Å²) in [5.74, 6) is -0.441. The van der Waals surface area contributed by atoms with Crippen LogP contribution in [0.25, 0.3) is 0 Å². The lowest BCUT2D eigenvalue weighted by atomic mass is 10.2. The number of rotatable bonds is 2. The molecule has 1 N–H and O–H groups in total. The summed E-state index contributed by atoms with van der Waals surface area (Å²) in [6.45, 7) is 5.24. The highest BCUT2D eigenvalue weighted by atomic mass is 127. The minimum Gasteiger partial charge on any atom is -0.378 e. The molecule has 0 amide bonds. The summed E-state index contributed by atoms with van der Waals surface area (Å²) in [6.07, 6.45) is 0. The molecule has 1 aromatic rings. The largest absolute Gasteiger partial charge is 0.378 e. The first-order chi connectivity index (χ1) is 7.55. The molecule has 4 heteroatoms. The molecule has 88 valence electrons. The fourth-order valence-electron chi connectivity index (χ4n) is 1.59. The highest BCUT2D eigenvalue weighted by molar-refractivity contribution is 14.1. The molecule has 0 radical (unpaired) electrons. The molecule has 1 saturated heterocycles. The second kappa shape index (κ2) is 4.89. The van der Waals surface area contributed by atoms with Gasteiger partial charge in [0.25, 0.3) is 0 Å².